The maximum Gasteiger partial charge on any atom is 0.251 e. The molecule has 1 aromatic carbocycles. The third-order valence-electron chi connectivity index (χ3n) is 3.10. The van der Waals surface area contributed by atoms with Crippen LogP contribution in [0, 0.1) is 11.3 Å². The first-order chi connectivity index (χ1) is 10.2. The number of hydrogen-bond acceptors (Lipinski definition) is 3. The second-order valence-electron chi connectivity index (χ2n) is 4.76. The second-order valence-corrected chi connectivity index (χ2v) is 4.76. The molecule has 1 atom stereocenters. The summed E-state index contributed by atoms with van der Waals surface area (Å²) in [6.07, 6.45) is 3.47. The molecule has 0 bridgehead atoms. The van der Waals surface area contributed by atoms with Gasteiger partial charge in [-0.2, -0.15) is 5.26 Å². The van der Waals surface area contributed by atoms with Crippen LogP contribution in [0.2, 0.25) is 0 Å². The molecule has 0 unspecified atom stereocenters. The van der Waals surface area contributed by atoms with Gasteiger partial charge in [-0.1, -0.05) is 44.4 Å². The fourth-order valence-corrected chi connectivity index (χ4v) is 1.95. The van der Waals surface area contributed by atoms with Crippen LogP contribution in [0.15, 0.2) is 30.3 Å². The number of benzene rings is 1. The van der Waals surface area contributed by atoms with Crippen LogP contribution >= 0.6 is 0 Å². The topological polar surface area (TPSA) is 82.0 Å². The summed E-state index contributed by atoms with van der Waals surface area (Å²) < 4.78 is 0. The molecule has 0 saturated heterocycles. The molecule has 112 valence electrons. The molecule has 1 rings (SSSR count). The average Bonchev–Trinajstić information content (AvgIpc) is 2.52. The summed E-state index contributed by atoms with van der Waals surface area (Å²) in [7, 11) is 0. The number of hydrogen-bond donors (Lipinski definition) is 2. The van der Waals surface area contributed by atoms with Crippen molar-refractivity contribution in [2.24, 2.45) is 0 Å². The lowest BCUT2D eigenvalue weighted by Crippen LogP contribution is -2.46. The zero-order valence-corrected chi connectivity index (χ0v) is 12.3. The summed E-state index contributed by atoms with van der Waals surface area (Å²) in [4.78, 5) is 24.1. The summed E-state index contributed by atoms with van der Waals surface area (Å²) in [6, 6.07) is 10.0. The summed E-state index contributed by atoms with van der Waals surface area (Å²) in [5.41, 5.74) is 0.520. The van der Waals surface area contributed by atoms with Gasteiger partial charge in [0.15, 0.2) is 0 Å². The Balaban J connectivity index is 2.65. The normalized spacial score (nSPS) is 11.2. The van der Waals surface area contributed by atoms with Crippen LogP contribution in [-0.2, 0) is 4.79 Å². The Morgan fingerprint density at radius 3 is 2.57 bits per heavy atom. The fraction of sp³-hybridized carbons (Fsp3) is 0.438. The number of unbranched alkanes of at least 4 members (excludes halogenated alkanes) is 2. The lowest BCUT2D eigenvalue weighted by molar-refractivity contribution is -0.122. The number of amides is 2. The largest absolute Gasteiger partial charge is 0.341 e. The molecule has 2 amide bonds. The van der Waals surface area contributed by atoms with Crippen LogP contribution in [-0.4, -0.2) is 24.4 Å². The van der Waals surface area contributed by atoms with E-state index in [4.69, 9.17) is 5.26 Å². The van der Waals surface area contributed by atoms with E-state index in [9.17, 15) is 9.59 Å². The van der Waals surface area contributed by atoms with Crippen molar-refractivity contribution in [3.63, 3.8) is 0 Å². The average molecular weight is 287 g/mol. The van der Waals surface area contributed by atoms with Crippen molar-refractivity contribution < 1.29 is 9.59 Å². The first-order valence-electron chi connectivity index (χ1n) is 7.19. The Hall–Kier alpha value is -2.35. The van der Waals surface area contributed by atoms with Crippen LogP contribution < -0.4 is 10.6 Å². The number of nitrogens with one attached hydrogen (secondary N) is 2. The zero-order chi connectivity index (χ0) is 15.5. The quantitative estimate of drug-likeness (QED) is 0.567. The molecule has 0 spiro atoms. The SMILES string of the molecule is CCCCC[C@H](NC(=O)c1ccccc1)C(=O)NCC#N. The Labute approximate surface area is 125 Å². The summed E-state index contributed by atoms with van der Waals surface area (Å²) in [5, 5.41) is 13.8. The van der Waals surface area contributed by atoms with E-state index in [0.29, 0.717) is 12.0 Å². The van der Waals surface area contributed by atoms with Crippen LogP contribution in [0.3, 0.4) is 0 Å². The van der Waals surface area contributed by atoms with Gasteiger partial charge >= 0.3 is 0 Å². The predicted molar refractivity (Wildman–Crippen MR) is 80.5 cm³/mol. The van der Waals surface area contributed by atoms with Crippen molar-refractivity contribution in [1.82, 2.24) is 10.6 Å². The van der Waals surface area contributed by atoms with Crippen LogP contribution in [0.5, 0.6) is 0 Å². The van der Waals surface area contributed by atoms with Gasteiger partial charge in [-0.25, -0.2) is 0 Å². The van der Waals surface area contributed by atoms with E-state index in [1.54, 1.807) is 24.3 Å². The molecule has 0 aliphatic carbocycles. The summed E-state index contributed by atoms with van der Waals surface area (Å²) in [5.74, 6) is -0.582. The number of carbonyl (C=O) groups is 2. The van der Waals surface area contributed by atoms with Crippen molar-refractivity contribution in [2.45, 2.75) is 38.6 Å². The highest BCUT2D eigenvalue weighted by Gasteiger charge is 2.20. The van der Waals surface area contributed by atoms with E-state index in [0.717, 1.165) is 19.3 Å². The molecular formula is C16H21N3O2. The molecule has 0 radical (unpaired) electrons. The van der Waals surface area contributed by atoms with Crippen molar-refractivity contribution in [3.05, 3.63) is 35.9 Å². The smallest absolute Gasteiger partial charge is 0.251 e. The number of carbonyl (C=O) groups excluding carboxylic acids is 2. The number of nitrogens with zero attached hydrogens (tertiary/aromatic N) is 1. The highest BCUT2D eigenvalue weighted by Crippen LogP contribution is 2.06. The van der Waals surface area contributed by atoms with Crippen molar-refractivity contribution in [1.29, 1.82) is 5.26 Å². The highest BCUT2D eigenvalue weighted by atomic mass is 16.2. The fourth-order valence-electron chi connectivity index (χ4n) is 1.95. The molecule has 0 aliphatic rings. The number of nitriles is 1. The van der Waals surface area contributed by atoms with Gasteiger partial charge in [0, 0.05) is 5.56 Å². The third kappa shape index (κ3) is 6.09. The first-order valence-corrected chi connectivity index (χ1v) is 7.19. The third-order valence-corrected chi connectivity index (χ3v) is 3.10. The minimum absolute atomic E-state index is 0.0513. The van der Waals surface area contributed by atoms with Gasteiger partial charge in [-0.05, 0) is 18.6 Å². The maximum absolute atomic E-state index is 12.1. The molecule has 5 heteroatoms. The van der Waals surface area contributed by atoms with Gasteiger partial charge in [0.1, 0.15) is 12.6 Å². The van der Waals surface area contributed by atoms with Crippen LogP contribution in [0.25, 0.3) is 0 Å². The molecule has 0 aromatic heterocycles. The van der Waals surface area contributed by atoms with Crippen LogP contribution in [0.1, 0.15) is 43.0 Å². The van der Waals surface area contributed by atoms with E-state index in [-0.39, 0.29) is 18.4 Å². The van der Waals surface area contributed by atoms with Crippen molar-refractivity contribution >= 4 is 11.8 Å². The molecule has 2 N–H and O–H groups in total. The van der Waals surface area contributed by atoms with E-state index < -0.39 is 6.04 Å². The predicted octanol–water partition coefficient (Wildman–Crippen LogP) is 2.01. The Morgan fingerprint density at radius 1 is 1.24 bits per heavy atom. The molecule has 0 saturated carbocycles. The maximum atomic E-state index is 12.1. The Bertz CT molecular complexity index is 494. The summed E-state index contributed by atoms with van der Waals surface area (Å²) in [6.45, 7) is 2.03. The van der Waals surface area contributed by atoms with Gasteiger partial charge in [0.25, 0.3) is 5.91 Å². The second kappa shape index (κ2) is 9.54. The minimum atomic E-state index is -0.599. The number of rotatable bonds is 8. The van der Waals surface area contributed by atoms with Gasteiger partial charge < -0.3 is 10.6 Å². The standard InChI is InChI=1S/C16H21N3O2/c1-2-3-5-10-14(16(21)18-12-11-17)19-15(20)13-8-6-4-7-9-13/h4,6-9,14H,2-3,5,10,12H2,1H3,(H,18,21)(H,19,20)/t14-/m0/s1. The molecule has 0 aliphatic heterocycles. The highest BCUT2D eigenvalue weighted by molar-refractivity contribution is 5.97. The first kappa shape index (κ1) is 16.7. The van der Waals surface area contributed by atoms with Gasteiger partial charge in [0.2, 0.25) is 5.91 Å². The minimum Gasteiger partial charge on any atom is -0.341 e. The van der Waals surface area contributed by atoms with Crippen LogP contribution in [0.4, 0.5) is 0 Å². The lowest BCUT2D eigenvalue weighted by Gasteiger charge is -2.17. The Kier molecular flexibility index (Phi) is 7.59. The van der Waals surface area contributed by atoms with E-state index >= 15 is 0 Å². The van der Waals surface area contributed by atoms with E-state index in [2.05, 4.69) is 17.6 Å². The summed E-state index contributed by atoms with van der Waals surface area (Å²) >= 11 is 0. The molecule has 21 heavy (non-hydrogen) atoms. The van der Waals surface area contributed by atoms with E-state index in [1.165, 1.54) is 0 Å². The lowest BCUT2D eigenvalue weighted by atomic mass is 10.1. The van der Waals surface area contributed by atoms with Crippen molar-refractivity contribution in [3.8, 4) is 6.07 Å². The molecule has 0 heterocycles. The van der Waals surface area contributed by atoms with Gasteiger partial charge in [0.05, 0.1) is 6.07 Å². The van der Waals surface area contributed by atoms with Crippen molar-refractivity contribution in [2.75, 3.05) is 6.54 Å². The zero-order valence-electron chi connectivity index (χ0n) is 12.3. The Morgan fingerprint density at radius 2 is 1.95 bits per heavy atom. The molecule has 0 fully saturated rings. The monoisotopic (exact) mass is 287 g/mol. The molecule has 5 nitrogen and oxygen atoms in total. The van der Waals surface area contributed by atoms with Gasteiger partial charge in [-0.15, -0.1) is 0 Å². The van der Waals surface area contributed by atoms with E-state index in [1.807, 2.05) is 12.1 Å². The molecule has 1 aromatic rings. The molecular weight excluding hydrogens is 266 g/mol. The van der Waals surface area contributed by atoms with Gasteiger partial charge in [-0.3, -0.25) is 9.59 Å².